The first-order chi connectivity index (χ1) is 9.67. The van der Waals surface area contributed by atoms with Gasteiger partial charge in [-0.2, -0.15) is 0 Å². The first kappa shape index (κ1) is 17.2. The summed E-state index contributed by atoms with van der Waals surface area (Å²) in [4.78, 5) is 25.0. The maximum atomic E-state index is 12.4. The van der Waals surface area contributed by atoms with Crippen LogP contribution in [0.15, 0.2) is 30.3 Å². The molecule has 0 aromatic heterocycles. The SMILES string of the molecule is CC(C)C(CC(=O)N(C)C(C)(C)C(=O)O)c1ccccc1. The van der Waals surface area contributed by atoms with E-state index in [1.807, 2.05) is 30.3 Å². The zero-order valence-electron chi connectivity index (χ0n) is 13.5. The number of amides is 1. The second kappa shape index (κ2) is 6.74. The molecule has 0 heterocycles. The first-order valence-electron chi connectivity index (χ1n) is 7.23. The van der Waals surface area contributed by atoms with Gasteiger partial charge in [0.25, 0.3) is 0 Å². The third-order valence-electron chi connectivity index (χ3n) is 4.16. The third-order valence-corrected chi connectivity index (χ3v) is 4.16. The lowest BCUT2D eigenvalue weighted by Gasteiger charge is -2.33. The fourth-order valence-electron chi connectivity index (χ4n) is 2.22. The van der Waals surface area contributed by atoms with E-state index in [1.165, 1.54) is 4.90 Å². The Kier molecular flexibility index (Phi) is 5.53. The topological polar surface area (TPSA) is 57.6 Å². The normalized spacial score (nSPS) is 13.0. The highest BCUT2D eigenvalue weighted by molar-refractivity contribution is 5.86. The van der Waals surface area contributed by atoms with Gasteiger partial charge in [0.15, 0.2) is 0 Å². The number of hydrogen-bond donors (Lipinski definition) is 1. The lowest BCUT2D eigenvalue weighted by Crippen LogP contribution is -2.51. The molecule has 4 heteroatoms. The molecule has 0 bridgehead atoms. The molecule has 1 aromatic carbocycles. The lowest BCUT2D eigenvalue weighted by molar-refractivity contribution is -0.155. The van der Waals surface area contributed by atoms with Gasteiger partial charge in [-0.3, -0.25) is 4.79 Å². The Morgan fingerprint density at radius 1 is 1.19 bits per heavy atom. The zero-order valence-corrected chi connectivity index (χ0v) is 13.5. The Labute approximate surface area is 126 Å². The van der Waals surface area contributed by atoms with Crippen LogP contribution >= 0.6 is 0 Å². The maximum absolute atomic E-state index is 12.4. The largest absolute Gasteiger partial charge is 0.480 e. The summed E-state index contributed by atoms with van der Waals surface area (Å²) in [5, 5.41) is 9.23. The van der Waals surface area contributed by atoms with Crippen LogP contribution in [0.3, 0.4) is 0 Å². The van der Waals surface area contributed by atoms with Gasteiger partial charge in [0, 0.05) is 13.5 Å². The van der Waals surface area contributed by atoms with Crippen molar-refractivity contribution in [3.63, 3.8) is 0 Å². The van der Waals surface area contributed by atoms with Crippen LogP contribution in [-0.4, -0.2) is 34.5 Å². The van der Waals surface area contributed by atoms with E-state index in [4.69, 9.17) is 0 Å². The number of carboxylic acids is 1. The maximum Gasteiger partial charge on any atom is 0.329 e. The van der Waals surface area contributed by atoms with E-state index >= 15 is 0 Å². The number of carbonyl (C=O) groups excluding carboxylic acids is 1. The Morgan fingerprint density at radius 2 is 1.71 bits per heavy atom. The average Bonchev–Trinajstić information content (AvgIpc) is 2.43. The lowest BCUT2D eigenvalue weighted by atomic mass is 9.85. The van der Waals surface area contributed by atoms with Crippen molar-refractivity contribution in [3.05, 3.63) is 35.9 Å². The predicted octanol–water partition coefficient (Wildman–Crippen LogP) is 3.14. The van der Waals surface area contributed by atoms with Gasteiger partial charge in [0.05, 0.1) is 0 Å². The molecule has 4 nitrogen and oxygen atoms in total. The Hall–Kier alpha value is -1.84. The second-order valence-electron chi connectivity index (χ2n) is 6.28. The standard InChI is InChI=1S/C17H25NO3/c1-12(2)14(13-9-7-6-8-10-13)11-15(19)18(5)17(3,4)16(20)21/h6-10,12,14H,11H2,1-5H3,(H,20,21). The van der Waals surface area contributed by atoms with E-state index in [0.29, 0.717) is 12.3 Å². The van der Waals surface area contributed by atoms with Crippen molar-refractivity contribution in [3.8, 4) is 0 Å². The van der Waals surface area contributed by atoms with Crippen LogP contribution in [0.5, 0.6) is 0 Å². The van der Waals surface area contributed by atoms with E-state index in [0.717, 1.165) is 5.56 Å². The summed E-state index contributed by atoms with van der Waals surface area (Å²) in [6.07, 6.45) is 0.314. The summed E-state index contributed by atoms with van der Waals surface area (Å²) >= 11 is 0. The quantitative estimate of drug-likeness (QED) is 0.876. The molecule has 0 aliphatic carbocycles. The van der Waals surface area contributed by atoms with Gasteiger partial charge >= 0.3 is 5.97 Å². The predicted molar refractivity (Wildman–Crippen MR) is 83.1 cm³/mol. The molecule has 21 heavy (non-hydrogen) atoms. The van der Waals surface area contributed by atoms with Crippen LogP contribution in [0.2, 0.25) is 0 Å². The molecule has 1 rings (SSSR count). The molecule has 0 aliphatic heterocycles. The highest BCUT2D eigenvalue weighted by Crippen LogP contribution is 2.29. The average molecular weight is 291 g/mol. The molecule has 0 saturated heterocycles. The van der Waals surface area contributed by atoms with E-state index in [9.17, 15) is 14.7 Å². The minimum absolute atomic E-state index is 0.0887. The molecule has 0 aliphatic rings. The molecule has 1 N–H and O–H groups in total. The van der Waals surface area contributed by atoms with Crippen molar-refractivity contribution in [1.29, 1.82) is 0 Å². The van der Waals surface area contributed by atoms with Crippen molar-refractivity contribution < 1.29 is 14.7 Å². The van der Waals surface area contributed by atoms with Crippen molar-refractivity contribution in [2.45, 2.75) is 45.6 Å². The molecule has 0 fully saturated rings. The number of likely N-dealkylation sites (N-methyl/N-ethyl adjacent to an activating group) is 1. The molecule has 0 saturated carbocycles. The van der Waals surface area contributed by atoms with Crippen molar-refractivity contribution in [1.82, 2.24) is 4.90 Å². The number of nitrogens with zero attached hydrogens (tertiary/aromatic N) is 1. The van der Waals surface area contributed by atoms with Gasteiger partial charge < -0.3 is 10.0 Å². The summed E-state index contributed by atoms with van der Waals surface area (Å²) in [6, 6.07) is 9.89. The highest BCUT2D eigenvalue weighted by atomic mass is 16.4. The zero-order chi connectivity index (χ0) is 16.2. The Morgan fingerprint density at radius 3 is 2.14 bits per heavy atom. The number of carbonyl (C=O) groups is 2. The number of hydrogen-bond acceptors (Lipinski definition) is 2. The Balaban J connectivity index is 2.91. The molecular weight excluding hydrogens is 266 g/mol. The molecule has 1 amide bonds. The second-order valence-corrected chi connectivity index (χ2v) is 6.28. The van der Waals surface area contributed by atoms with Gasteiger partial charge in [-0.1, -0.05) is 44.2 Å². The molecule has 1 unspecified atom stereocenters. The molecule has 116 valence electrons. The first-order valence-corrected chi connectivity index (χ1v) is 7.23. The summed E-state index contributed by atoms with van der Waals surface area (Å²) in [5.41, 5.74) is -0.0858. The molecular formula is C17H25NO3. The number of aliphatic carboxylic acids is 1. The van der Waals surface area contributed by atoms with E-state index < -0.39 is 11.5 Å². The molecule has 1 aromatic rings. The Bertz CT molecular complexity index is 494. The fraction of sp³-hybridized carbons (Fsp3) is 0.529. The monoisotopic (exact) mass is 291 g/mol. The van der Waals surface area contributed by atoms with Crippen LogP contribution in [-0.2, 0) is 9.59 Å². The summed E-state index contributed by atoms with van der Waals surface area (Å²) in [5.74, 6) is -0.757. The van der Waals surface area contributed by atoms with E-state index in [-0.39, 0.29) is 11.8 Å². The van der Waals surface area contributed by atoms with Crippen molar-refractivity contribution >= 4 is 11.9 Å². The summed E-state index contributed by atoms with van der Waals surface area (Å²) in [7, 11) is 1.55. The number of carboxylic acid groups (broad SMARTS) is 1. The number of rotatable bonds is 6. The van der Waals surface area contributed by atoms with Crippen molar-refractivity contribution in [2.75, 3.05) is 7.05 Å². The molecule has 1 atom stereocenters. The number of benzene rings is 1. The van der Waals surface area contributed by atoms with Gasteiger partial charge in [-0.15, -0.1) is 0 Å². The molecule has 0 spiro atoms. The summed E-state index contributed by atoms with van der Waals surface area (Å²) < 4.78 is 0. The van der Waals surface area contributed by atoms with Crippen LogP contribution in [0, 0.1) is 5.92 Å². The van der Waals surface area contributed by atoms with Gasteiger partial charge in [0.2, 0.25) is 5.91 Å². The third kappa shape index (κ3) is 4.06. The summed E-state index contributed by atoms with van der Waals surface area (Å²) in [6.45, 7) is 7.24. The van der Waals surface area contributed by atoms with Crippen LogP contribution in [0.4, 0.5) is 0 Å². The van der Waals surface area contributed by atoms with Crippen molar-refractivity contribution in [2.24, 2.45) is 5.92 Å². The van der Waals surface area contributed by atoms with Crippen LogP contribution < -0.4 is 0 Å². The highest BCUT2D eigenvalue weighted by Gasteiger charge is 2.36. The van der Waals surface area contributed by atoms with E-state index in [1.54, 1.807) is 20.9 Å². The van der Waals surface area contributed by atoms with Crippen LogP contribution in [0.1, 0.15) is 45.6 Å². The van der Waals surface area contributed by atoms with Gasteiger partial charge in [0.1, 0.15) is 5.54 Å². The smallest absolute Gasteiger partial charge is 0.329 e. The minimum Gasteiger partial charge on any atom is -0.480 e. The van der Waals surface area contributed by atoms with Gasteiger partial charge in [-0.05, 0) is 31.2 Å². The van der Waals surface area contributed by atoms with Crippen LogP contribution in [0.25, 0.3) is 0 Å². The fourth-order valence-corrected chi connectivity index (χ4v) is 2.22. The van der Waals surface area contributed by atoms with Gasteiger partial charge in [-0.25, -0.2) is 4.79 Å². The minimum atomic E-state index is -1.20. The van der Waals surface area contributed by atoms with E-state index in [2.05, 4.69) is 13.8 Å². The molecule has 0 radical (unpaired) electrons.